The Labute approximate surface area is 184 Å². The van der Waals surface area contributed by atoms with Crippen molar-refractivity contribution in [3.05, 3.63) is 78.6 Å². The lowest BCUT2D eigenvalue weighted by Crippen LogP contribution is -2.39. The van der Waals surface area contributed by atoms with Gasteiger partial charge in [-0.2, -0.15) is 0 Å². The smallest absolute Gasteiger partial charge is 0.245 e. The van der Waals surface area contributed by atoms with Gasteiger partial charge >= 0.3 is 0 Å². The highest BCUT2D eigenvalue weighted by Gasteiger charge is 2.20. The first-order chi connectivity index (χ1) is 15.6. The maximum atomic E-state index is 13.2. The van der Waals surface area contributed by atoms with Crippen molar-refractivity contribution in [2.75, 3.05) is 19.0 Å². The Hall–Kier alpha value is -4.27. The summed E-state index contributed by atoms with van der Waals surface area (Å²) in [6.45, 7) is 0.0955. The van der Waals surface area contributed by atoms with Crippen molar-refractivity contribution in [3.63, 3.8) is 0 Å². The Morgan fingerprint density at radius 2 is 1.88 bits per heavy atom. The topological polar surface area (TPSA) is 102 Å². The van der Waals surface area contributed by atoms with Crippen LogP contribution in [0.5, 0.6) is 5.75 Å². The van der Waals surface area contributed by atoms with E-state index in [1.807, 2.05) is 30.3 Å². The number of nitrogens with one attached hydrogen (secondary N) is 1. The highest BCUT2D eigenvalue weighted by molar-refractivity contribution is 5.94. The summed E-state index contributed by atoms with van der Waals surface area (Å²) in [5, 5.41) is 11.0. The Kier molecular flexibility index (Phi) is 6.35. The molecule has 0 bridgehead atoms. The largest absolute Gasteiger partial charge is 0.497 e. The summed E-state index contributed by atoms with van der Waals surface area (Å²) in [5.74, 6) is 0.127. The van der Waals surface area contributed by atoms with Gasteiger partial charge in [0, 0.05) is 24.6 Å². The average molecular weight is 430 g/mol. The molecular weight excluding hydrogens is 408 g/mol. The van der Waals surface area contributed by atoms with Gasteiger partial charge in [0.2, 0.25) is 11.8 Å². The molecule has 0 aliphatic heterocycles. The first kappa shape index (κ1) is 21.0. The number of fused-ring (bicyclic) bond motifs is 1. The molecule has 0 saturated carbocycles. The number of ether oxygens (including phenoxy) is 1. The number of hydrogen-bond acceptors (Lipinski definition) is 6. The van der Waals surface area contributed by atoms with Crippen LogP contribution in [0.1, 0.15) is 5.56 Å². The molecule has 4 aromatic rings. The van der Waals surface area contributed by atoms with E-state index in [4.69, 9.17) is 4.74 Å². The summed E-state index contributed by atoms with van der Waals surface area (Å²) in [5.41, 5.74) is 2.90. The van der Waals surface area contributed by atoms with E-state index in [1.54, 1.807) is 49.8 Å². The number of rotatable bonds is 8. The van der Waals surface area contributed by atoms with Gasteiger partial charge in [-0.05, 0) is 48.0 Å². The molecule has 2 amide bonds. The molecule has 0 fully saturated rings. The number of carbonyl (C=O) groups is 2. The van der Waals surface area contributed by atoms with E-state index >= 15 is 0 Å². The number of amides is 2. The highest BCUT2D eigenvalue weighted by Crippen LogP contribution is 2.15. The van der Waals surface area contributed by atoms with Crippen molar-refractivity contribution >= 4 is 28.5 Å². The number of hydrogen-bond donors (Lipinski definition) is 1. The van der Waals surface area contributed by atoms with E-state index in [9.17, 15) is 9.59 Å². The van der Waals surface area contributed by atoms with Gasteiger partial charge in [0.15, 0.2) is 0 Å². The van der Waals surface area contributed by atoms with Crippen LogP contribution in [0.2, 0.25) is 0 Å². The maximum absolute atomic E-state index is 13.2. The molecule has 2 heterocycles. The van der Waals surface area contributed by atoms with Gasteiger partial charge in [0.25, 0.3) is 0 Å². The number of benzene rings is 2. The van der Waals surface area contributed by atoms with Crippen molar-refractivity contribution in [2.24, 2.45) is 0 Å². The lowest BCUT2D eigenvalue weighted by molar-refractivity contribution is -0.136. The summed E-state index contributed by atoms with van der Waals surface area (Å²) in [6.07, 6.45) is 3.33. The molecule has 0 atom stereocenters. The van der Waals surface area contributed by atoms with Crippen LogP contribution in [0, 0.1) is 0 Å². The van der Waals surface area contributed by atoms with Crippen LogP contribution in [0.15, 0.2) is 73.1 Å². The molecule has 0 saturated heterocycles. The summed E-state index contributed by atoms with van der Waals surface area (Å²) >= 11 is 0. The lowest BCUT2D eigenvalue weighted by Gasteiger charge is -2.22. The predicted molar refractivity (Wildman–Crippen MR) is 119 cm³/mol. The minimum Gasteiger partial charge on any atom is -0.497 e. The number of nitrogens with zero attached hydrogens (tertiary/aromatic N) is 5. The standard InChI is InChI=1S/C23H22N6O3/c1-32-19-10-8-18(9-11-19)25-22(30)15-28(14-17-5-4-12-24-13-17)23(31)16-29-21-7-3-2-6-20(21)26-27-29/h2-13H,14-16H2,1H3,(H,25,30). The lowest BCUT2D eigenvalue weighted by atomic mass is 10.2. The van der Waals surface area contributed by atoms with Crippen LogP contribution in [0.4, 0.5) is 5.69 Å². The van der Waals surface area contributed by atoms with E-state index in [0.717, 1.165) is 11.1 Å². The molecule has 32 heavy (non-hydrogen) atoms. The Bertz CT molecular complexity index is 1210. The third-order valence-electron chi connectivity index (χ3n) is 4.86. The minimum atomic E-state index is -0.309. The molecule has 0 radical (unpaired) electrons. The second-order valence-electron chi connectivity index (χ2n) is 7.12. The number of pyridine rings is 1. The van der Waals surface area contributed by atoms with Crippen LogP contribution in [0.25, 0.3) is 11.0 Å². The number of methoxy groups -OCH3 is 1. The van der Waals surface area contributed by atoms with Crippen molar-refractivity contribution in [3.8, 4) is 5.75 Å². The van der Waals surface area contributed by atoms with Gasteiger partial charge in [-0.15, -0.1) is 5.10 Å². The van der Waals surface area contributed by atoms with Gasteiger partial charge in [0.05, 0.1) is 12.6 Å². The quantitative estimate of drug-likeness (QED) is 0.461. The number of carbonyl (C=O) groups excluding carboxylic acids is 2. The van der Waals surface area contributed by atoms with Crippen LogP contribution >= 0.6 is 0 Å². The molecule has 0 unspecified atom stereocenters. The third-order valence-corrected chi connectivity index (χ3v) is 4.86. The van der Waals surface area contributed by atoms with E-state index in [1.165, 1.54) is 9.58 Å². The molecule has 162 valence electrons. The summed E-state index contributed by atoms with van der Waals surface area (Å²) in [4.78, 5) is 31.4. The molecule has 2 aromatic carbocycles. The third kappa shape index (κ3) is 5.07. The fourth-order valence-corrected chi connectivity index (χ4v) is 3.25. The summed E-state index contributed by atoms with van der Waals surface area (Å²) in [7, 11) is 1.58. The van der Waals surface area contributed by atoms with E-state index < -0.39 is 0 Å². The van der Waals surface area contributed by atoms with Crippen molar-refractivity contribution in [1.29, 1.82) is 0 Å². The van der Waals surface area contributed by atoms with Crippen molar-refractivity contribution < 1.29 is 14.3 Å². The molecule has 9 heteroatoms. The highest BCUT2D eigenvalue weighted by atomic mass is 16.5. The van der Waals surface area contributed by atoms with Gasteiger partial charge in [0.1, 0.15) is 24.4 Å². The van der Waals surface area contributed by atoms with E-state index in [0.29, 0.717) is 17.0 Å². The zero-order valence-corrected chi connectivity index (χ0v) is 17.5. The molecular formula is C23H22N6O3. The molecule has 4 rings (SSSR count). The predicted octanol–water partition coefficient (Wildman–Crippen LogP) is 2.50. The first-order valence-electron chi connectivity index (χ1n) is 10.0. The zero-order valence-electron chi connectivity index (χ0n) is 17.5. The second-order valence-corrected chi connectivity index (χ2v) is 7.12. The van der Waals surface area contributed by atoms with Gasteiger partial charge in [-0.25, -0.2) is 4.68 Å². The van der Waals surface area contributed by atoms with Crippen LogP contribution in [-0.2, 0) is 22.7 Å². The Morgan fingerprint density at radius 1 is 1.06 bits per heavy atom. The summed E-state index contributed by atoms with van der Waals surface area (Å²) in [6, 6.07) is 18.1. The zero-order chi connectivity index (χ0) is 22.3. The Balaban J connectivity index is 1.49. The van der Waals surface area contributed by atoms with E-state index in [2.05, 4.69) is 20.6 Å². The van der Waals surface area contributed by atoms with Gasteiger partial charge < -0.3 is 15.0 Å². The second kappa shape index (κ2) is 9.69. The molecule has 0 aliphatic carbocycles. The fourth-order valence-electron chi connectivity index (χ4n) is 3.25. The molecule has 0 aliphatic rings. The number of anilines is 1. The van der Waals surface area contributed by atoms with Crippen LogP contribution < -0.4 is 10.1 Å². The Morgan fingerprint density at radius 3 is 2.62 bits per heavy atom. The monoisotopic (exact) mass is 430 g/mol. The van der Waals surface area contributed by atoms with Crippen LogP contribution in [-0.4, -0.2) is 50.3 Å². The maximum Gasteiger partial charge on any atom is 0.245 e. The molecule has 1 N–H and O–H groups in total. The minimum absolute atomic E-state index is 0.0312. The first-order valence-corrected chi connectivity index (χ1v) is 10.0. The van der Waals surface area contributed by atoms with E-state index in [-0.39, 0.29) is 31.4 Å². The molecule has 9 nitrogen and oxygen atoms in total. The average Bonchev–Trinajstić information content (AvgIpc) is 3.22. The number of para-hydroxylation sites is 1. The fraction of sp³-hybridized carbons (Fsp3) is 0.174. The van der Waals surface area contributed by atoms with Gasteiger partial charge in [-0.3, -0.25) is 14.6 Å². The number of aromatic nitrogens is 4. The van der Waals surface area contributed by atoms with Gasteiger partial charge in [-0.1, -0.05) is 23.4 Å². The normalized spacial score (nSPS) is 10.7. The van der Waals surface area contributed by atoms with Crippen LogP contribution in [0.3, 0.4) is 0 Å². The van der Waals surface area contributed by atoms with Crippen molar-refractivity contribution in [2.45, 2.75) is 13.1 Å². The summed E-state index contributed by atoms with van der Waals surface area (Å²) < 4.78 is 6.67. The SMILES string of the molecule is COc1ccc(NC(=O)CN(Cc2cccnc2)C(=O)Cn2nnc3ccccc32)cc1. The molecule has 0 spiro atoms. The van der Waals surface area contributed by atoms with Crippen molar-refractivity contribution in [1.82, 2.24) is 24.9 Å². The molecule has 2 aromatic heterocycles.